The minimum absolute atomic E-state index is 0.0699. The third kappa shape index (κ3) is 4.14. The summed E-state index contributed by atoms with van der Waals surface area (Å²) in [7, 11) is 1.70. The van der Waals surface area contributed by atoms with E-state index < -0.39 is 5.97 Å². The summed E-state index contributed by atoms with van der Waals surface area (Å²) in [5.41, 5.74) is 3.93. The second-order valence-electron chi connectivity index (χ2n) is 8.62. The first-order valence-electron chi connectivity index (χ1n) is 11.2. The Morgan fingerprint density at radius 1 is 1.20 bits per heavy atom. The van der Waals surface area contributed by atoms with Crippen molar-refractivity contribution < 1.29 is 19.5 Å². The van der Waals surface area contributed by atoms with Gasteiger partial charge in [0.2, 0.25) is 0 Å². The number of carbonyl (C=O) groups is 3. The van der Waals surface area contributed by atoms with Crippen molar-refractivity contribution in [1.82, 2.24) is 29.3 Å². The number of nitrogens with zero attached hydrogens (tertiary/aromatic N) is 5. The van der Waals surface area contributed by atoms with E-state index in [2.05, 4.69) is 15.0 Å². The second kappa shape index (κ2) is 8.71. The summed E-state index contributed by atoms with van der Waals surface area (Å²) in [6.45, 7) is 2.42. The molecule has 0 saturated heterocycles. The number of aromatic amines is 1. The van der Waals surface area contributed by atoms with Crippen LogP contribution in [0.1, 0.15) is 44.5 Å². The first-order chi connectivity index (χ1) is 16.8. The van der Waals surface area contributed by atoms with Crippen molar-refractivity contribution in [3.8, 4) is 5.69 Å². The van der Waals surface area contributed by atoms with Crippen LogP contribution >= 0.6 is 0 Å². The number of aromatic nitrogens is 4. The normalized spacial score (nSPS) is 12.9. The quantitative estimate of drug-likeness (QED) is 0.445. The molecule has 0 spiro atoms. The molecule has 10 heteroatoms. The molecular weight excluding hydrogens is 448 g/mol. The van der Waals surface area contributed by atoms with Crippen LogP contribution in [-0.4, -0.2) is 65.8 Å². The Balaban J connectivity index is 1.46. The zero-order valence-electron chi connectivity index (χ0n) is 19.4. The molecule has 5 rings (SSSR count). The lowest BCUT2D eigenvalue weighted by molar-refractivity contribution is -0.137. The van der Waals surface area contributed by atoms with E-state index in [1.165, 1.54) is 4.90 Å². The van der Waals surface area contributed by atoms with Crippen molar-refractivity contribution in [2.75, 3.05) is 13.6 Å². The minimum Gasteiger partial charge on any atom is -0.481 e. The van der Waals surface area contributed by atoms with E-state index in [4.69, 9.17) is 5.11 Å². The fourth-order valence-corrected chi connectivity index (χ4v) is 4.38. The molecule has 1 aliphatic rings. The van der Waals surface area contributed by atoms with Gasteiger partial charge < -0.3 is 19.9 Å². The first kappa shape index (κ1) is 22.3. The highest BCUT2D eigenvalue weighted by molar-refractivity contribution is 6.01. The molecule has 1 aliphatic heterocycles. The van der Waals surface area contributed by atoms with Gasteiger partial charge in [0, 0.05) is 31.0 Å². The predicted octanol–water partition coefficient (Wildman–Crippen LogP) is 2.76. The molecular formula is C25H24N6O4. The lowest BCUT2D eigenvalue weighted by atomic mass is 10.1. The van der Waals surface area contributed by atoms with Crippen molar-refractivity contribution >= 4 is 28.8 Å². The molecule has 0 radical (unpaired) electrons. The van der Waals surface area contributed by atoms with E-state index in [9.17, 15) is 14.4 Å². The SMILES string of the molecule is Cc1cnc2n1-c1cc(C(=O)N(C)Cc3nc4ccccc4[nH]3)ccc1C(=O)N(CCC(=O)O)C2. The van der Waals surface area contributed by atoms with E-state index >= 15 is 0 Å². The molecule has 0 fully saturated rings. The number of fused-ring (bicyclic) bond motifs is 4. The molecule has 2 aromatic carbocycles. The van der Waals surface area contributed by atoms with Gasteiger partial charge >= 0.3 is 5.97 Å². The predicted molar refractivity (Wildman–Crippen MR) is 127 cm³/mol. The smallest absolute Gasteiger partial charge is 0.305 e. The van der Waals surface area contributed by atoms with Crippen LogP contribution in [0.3, 0.4) is 0 Å². The van der Waals surface area contributed by atoms with Gasteiger partial charge in [-0.25, -0.2) is 9.97 Å². The van der Waals surface area contributed by atoms with Crippen LogP contribution in [0.4, 0.5) is 0 Å². The van der Waals surface area contributed by atoms with Gasteiger partial charge in [-0.2, -0.15) is 0 Å². The van der Waals surface area contributed by atoms with Gasteiger partial charge in [-0.05, 0) is 37.3 Å². The zero-order valence-corrected chi connectivity index (χ0v) is 19.4. The molecule has 10 nitrogen and oxygen atoms in total. The molecule has 2 amide bonds. The van der Waals surface area contributed by atoms with E-state index in [0.29, 0.717) is 35.0 Å². The molecule has 0 bridgehead atoms. The lowest BCUT2D eigenvalue weighted by Gasteiger charge is -2.20. The van der Waals surface area contributed by atoms with Gasteiger partial charge in [0.25, 0.3) is 11.8 Å². The van der Waals surface area contributed by atoms with E-state index in [0.717, 1.165) is 16.7 Å². The molecule has 0 unspecified atom stereocenters. The number of hydrogen-bond donors (Lipinski definition) is 2. The fraction of sp³-hybridized carbons (Fsp3) is 0.240. The average Bonchev–Trinajstić information content (AvgIpc) is 3.39. The van der Waals surface area contributed by atoms with Gasteiger partial charge in [0.15, 0.2) is 0 Å². The second-order valence-corrected chi connectivity index (χ2v) is 8.62. The topological polar surface area (TPSA) is 124 Å². The Labute approximate surface area is 200 Å². The highest BCUT2D eigenvalue weighted by Crippen LogP contribution is 2.27. The highest BCUT2D eigenvalue weighted by atomic mass is 16.4. The Hall–Kier alpha value is -4.47. The van der Waals surface area contributed by atoms with Crippen LogP contribution in [0.25, 0.3) is 16.7 Å². The van der Waals surface area contributed by atoms with Crippen molar-refractivity contribution in [2.45, 2.75) is 26.4 Å². The maximum Gasteiger partial charge on any atom is 0.305 e. The van der Waals surface area contributed by atoms with Crippen LogP contribution in [0, 0.1) is 6.92 Å². The van der Waals surface area contributed by atoms with Gasteiger partial charge in [0.05, 0.1) is 41.8 Å². The van der Waals surface area contributed by atoms with Gasteiger partial charge in [0.1, 0.15) is 11.6 Å². The third-order valence-electron chi connectivity index (χ3n) is 6.11. The Bertz CT molecular complexity index is 1440. The Morgan fingerprint density at radius 3 is 2.77 bits per heavy atom. The lowest BCUT2D eigenvalue weighted by Crippen LogP contribution is -2.32. The fourth-order valence-electron chi connectivity index (χ4n) is 4.38. The molecule has 2 N–H and O–H groups in total. The number of para-hydroxylation sites is 2. The highest BCUT2D eigenvalue weighted by Gasteiger charge is 2.29. The molecule has 0 saturated carbocycles. The van der Waals surface area contributed by atoms with Gasteiger partial charge in [-0.15, -0.1) is 0 Å². The maximum absolute atomic E-state index is 13.3. The van der Waals surface area contributed by atoms with Crippen molar-refractivity contribution in [1.29, 1.82) is 0 Å². The number of amides is 2. The summed E-state index contributed by atoms with van der Waals surface area (Å²) in [6, 6.07) is 12.6. The number of imidazole rings is 2. The summed E-state index contributed by atoms with van der Waals surface area (Å²) < 4.78 is 1.85. The zero-order chi connectivity index (χ0) is 24.7. The molecule has 0 aliphatic carbocycles. The van der Waals surface area contributed by atoms with Crippen molar-refractivity contribution in [2.24, 2.45) is 0 Å². The summed E-state index contributed by atoms with van der Waals surface area (Å²) in [5, 5.41) is 9.08. The summed E-state index contributed by atoms with van der Waals surface area (Å²) in [4.78, 5) is 52.9. The van der Waals surface area contributed by atoms with Crippen LogP contribution in [0.5, 0.6) is 0 Å². The molecule has 178 valence electrons. The minimum atomic E-state index is -0.977. The summed E-state index contributed by atoms with van der Waals surface area (Å²) >= 11 is 0. The van der Waals surface area contributed by atoms with E-state index in [1.807, 2.05) is 35.8 Å². The average molecular weight is 473 g/mol. The number of hydrogen-bond acceptors (Lipinski definition) is 5. The molecule has 0 atom stereocenters. The van der Waals surface area contributed by atoms with Crippen LogP contribution in [0.2, 0.25) is 0 Å². The Morgan fingerprint density at radius 2 is 2.00 bits per heavy atom. The summed E-state index contributed by atoms with van der Waals surface area (Å²) in [6.07, 6.45) is 1.54. The number of aryl methyl sites for hydroxylation is 1. The number of aliphatic carboxylic acids is 1. The number of carbonyl (C=O) groups excluding carboxylic acids is 2. The molecule has 35 heavy (non-hydrogen) atoms. The van der Waals surface area contributed by atoms with Crippen LogP contribution in [-0.2, 0) is 17.9 Å². The van der Waals surface area contributed by atoms with E-state index in [1.54, 1.807) is 36.3 Å². The molecule has 4 aromatic rings. The number of carboxylic acid groups (broad SMARTS) is 1. The maximum atomic E-state index is 13.3. The monoisotopic (exact) mass is 472 g/mol. The van der Waals surface area contributed by atoms with E-state index in [-0.39, 0.29) is 31.3 Å². The number of carboxylic acids is 1. The molecule has 3 heterocycles. The van der Waals surface area contributed by atoms with Gasteiger partial charge in [-0.3, -0.25) is 19.0 Å². The number of rotatable bonds is 6. The first-order valence-corrected chi connectivity index (χ1v) is 11.2. The third-order valence-corrected chi connectivity index (χ3v) is 6.11. The van der Waals surface area contributed by atoms with Crippen molar-refractivity contribution in [3.63, 3.8) is 0 Å². The number of nitrogens with one attached hydrogen (secondary N) is 1. The van der Waals surface area contributed by atoms with Crippen molar-refractivity contribution in [3.05, 3.63) is 77.1 Å². The van der Waals surface area contributed by atoms with Gasteiger partial charge in [-0.1, -0.05) is 12.1 Å². The largest absolute Gasteiger partial charge is 0.481 e. The number of benzene rings is 2. The Kier molecular flexibility index (Phi) is 5.56. The van der Waals surface area contributed by atoms with Crippen LogP contribution in [0.15, 0.2) is 48.7 Å². The molecule has 2 aromatic heterocycles. The number of H-pyrrole nitrogens is 1. The standard InChI is InChI=1S/C25H24N6O4/c1-15-12-26-22-14-30(10-9-23(32)33)25(35)17-8-7-16(11-20(17)31(15)22)24(34)29(2)13-21-27-18-5-3-4-6-19(18)28-21/h3-8,11-12H,9-10,13-14H2,1-2H3,(H,27,28)(H,32,33). The summed E-state index contributed by atoms with van der Waals surface area (Å²) in [5.74, 6) is -0.197. The van der Waals surface area contributed by atoms with Crippen LogP contribution < -0.4 is 0 Å².